The highest BCUT2D eigenvalue weighted by Gasteiger charge is 2.17. The first-order valence-electron chi connectivity index (χ1n) is 10.4. The molecule has 2 aromatic heterocycles. The van der Waals surface area contributed by atoms with Crippen molar-refractivity contribution in [2.24, 2.45) is 5.92 Å². The van der Waals surface area contributed by atoms with E-state index in [0.29, 0.717) is 18.8 Å². The molecule has 0 radical (unpaired) electrons. The smallest absolute Gasteiger partial charge is 0.220 e. The number of amides is 1. The lowest BCUT2D eigenvalue weighted by Crippen LogP contribution is -2.25. The van der Waals surface area contributed by atoms with E-state index in [-0.39, 0.29) is 5.91 Å². The average Bonchev–Trinajstić information content (AvgIpc) is 3.29. The fraction of sp³-hybridized carbons (Fsp3) is 0.619. The van der Waals surface area contributed by atoms with Crippen LogP contribution in [-0.4, -0.2) is 45.5 Å². The van der Waals surface area contributed by atoms with E-state index in [0.717, 1.165) is 54.6 Å². The highest BCUT2D eigenvalue weighted by molar-refractivity contribution is 5.76. The van der Waals surface area contributed by atoms with Crippen LogP contribution in [0.1, 0.15) is 56.5 Å². The van der Waals surface area contributed by atoms with Crippen molar-refractivity contribution in [2.75, 3.05) is 24.5 Å². The molecule has 1 fully saturated rings. The van der Waals surface area contributed by atoms with Crippen LogP contribution in [0.25, 0.3) is 5.82 Å². The van der Waals surface area contributed by atoms with Crippen LogP contribution >= 0.6 is 0 Å². The van der Waals surface area contributed by atoms with Gasteiger partial charge in [-0.15, -0.1) is 10.2 Å². The zero-order chi connectivity index (χ0) is 20.1. The minimum absolute atomic E-state index is 0.0990. The molecule has 0 unspecified atom stereocenters. The summed E-state index contributed by atoms with van der Waals surface area (Å²) in [5.41, 5.74) is 3.08. The van der Waals surface area contributed by atoms with Gasteiger partial charge < -0.3 is 10.2 Å². The predicted molar refractivity (Wildman–Crippen MR) is 111 cm³/mol. The number of nitrogens with one attached hydrogen (secondary N) is 1. The third kappa shape index (κ3) is 4.88. The first-order chi connectivity index (χ1) is 13.5. The molecule has 1 aliphatic heterocycles. The van der Waals surface area contributed by atoms with Crippen molar-refractivity contribution in [1.29, 1.82) is 0 Å². The topological polar surface area (TPSA) is 75.9 Å². The number of aromatic nitrogens is 4. The van der Waals surface area contributed by atoms with Crippen molar-refractivity contribution >= 4 is 11.7 Å². The Morgan fingerprint density at radius 2 is 1.82 bits per heavy atom. The SMILES string of the molecule is Cc1nn(-c2ccc(N3CCCC3)nn2)c(C)c1CCC(=O)NCCC(C)C. The van der Waals surface area contributed by atoms with Crippen molar-refractivity contribution in [1.82, 2.24) is 25.3 Å². The number of hydrogen-bond acceptors (Lipinski definition) is 5. The number of anilines is 1. The Bertz CT molecular complexity index is 790. The molecule has 0 spiro atoms. The van der Waals surface area contributed by atoms with E-state index in [1.807, 2.05) is 30.7 Å². The molecular formula is C21H32N6O. The van der Waals surface area contributed by atoms with Crippen LogP contribution in [0, 0.1) is 19.8 Å². The van der Waals surface area contributed by atoms with Crippen LogP contribution in [0.3, 0.4) is 0 Å². The van der Waals surface area contributed by atoms with Gasteiger partial charge in [0.1, 0.15) is 0 Å². The summed E-state index contributed by atoms with van der Waals surface area (Å²) >= 11 is 0. The molecule has 3 rings (SSSR count). The fourth-order valence-corrected chi connectivity index (χ4v) is 3.63. The molecule has 0 atom stereocenters. The largest absolute Gasteiger partial charge is 0.356 e. The van der Waals surface area contributed by atoms with E-state index in [1.54, 1.807) is 0 Å². The van der Waals surface area contributed by atoms with Crippen LogP contribution in [0.2, 0.25) is 0 Å². The summed E-state index contributed by atoms with van der Waals surface area (Å²) in [7, 11) is 0. The Labute approximate surface area is 167 Å². The molecule has 0 aliphatic carbocycles. The summed E-state index contributed by atoms with van der Waals surface area (Å²) in [4.78, 5) is 14.4. The van der Waals surface area contributed by atoms with Crippen LogP contribution in [-0.2, 0) is 11.2 Å². The Balaban J connectivity index is 1.63. The summed E-state index contributed by atoms with van der Waals surface area (Å²) in [6.07, 6.45) is 4.61. The number of rotatable bonds is 8. The molecule has 28 heavy (non-hydrogen) atoms. The zero-order valence-corrected chi connectivity index (χ0v) is 17.5. The van der Waals surface area contributed by atoms with E-state index in [4.69, 9.17) is 0 Å². The van der Waals surface area contributed by atoms with Crippen LogP contribution < -0.4 is 10.2 Å². The van der Waals surface area contributed by atoms with Gasteiger partial charge in [-0.25, -0.2) is 4.68 Å². The monoisotopic (exact) mass is 384 g/mol. The zero-order valence-electron chi connectivity index (χ0n) is 17.5. The van der Waals surface area contributed by atoms with Crippen LogP contribution in [0.15, 0.2) is 12.1 Å². The Morgan fingerprint density at radius 1 is 1.14 bits per heavy atom. The van der Waals surface area contributed by atoms with E-state index in [2.05, 4.69) is 39.4 Å². The Kier molecular flexibility index (Phi) is 6.65. The van der Waals surface area contributed by atoms with Crippen molar-refractivity contribution in [3.05, 3.63) is 29.1 Å². The Morgan fingerprint density at radius 3 is 2.46 bits per heavy atom. The van der Waals surface area contributed by atoms with E-state index in [9.17, 15) is 4.79 Å². The minimum atomic E-state index is 0.0990. The van der Waals surface area contributed by atoms with Gasteiger partial charge in [-0.05, 0) is 63.1 Å². The number of aryl methyl sites for hydroxylation is 1. The van der Waals surface area contributed by atoms with Gasteiger partial charge in [0.2, 0.25) is 5.91 Å². The second-order valence-electron chi connectivity index (χ2n) is 8.04. The normalized spacial score (nSPS) is 14.1. The molecule has 1 N–H and O–H groups in total. The molecule has 152 valence electrons. The van der Waals surface area contributed by atoms with Crippen LogP contribution in [0.4, 0.5) is 5.82 Å². The molecule has 2 aromatic rings. The third-order valence-corrected chi connectivity index (χ3v) is 5.37. The van der Waals surface area contributed by atoms with E-state index in [1.165, 1.54) is 12.8 Å². The molecule has 1 amide bonds. The van der Waals surface area contributed by atoms with Crippen molar-refractivity contribution in [3.63, 3.8) is 0 Å². The molecular weight excluding hydrogens is 352 g/mol. The summed E-state index contributed by atoms with van der Waals surface area (Å²) in [6, 6.07) is 3.99. The number of carbonyl (C=O) groups excluding carboxylic acids is 1. The van der Waals surface area contributed by atoms with Gasteiger partial charge in [-0.1, -0.05) is 13.8 Å². The molecule has 0 saturated carbocycles. The highest BCUT2D eigenvalue weighted by atomic mass is 16.1. The summed E-state index contributed by atoms with van der Waals surface area (Å²) < 4.78 is 1.84. The van der Waals surface area contributed by atoms with Crippen molar-refractivity contribution in [2.45, 2.75) is 59.8 Å². The lowest BCUT2D eigenvalue weighted by molar-refractivity contribution is -0.121. The number of carbonyl (C=O) groups is 1. The van der Waals surface area contributed by atoms with Gasteiger partial charge in [0.15, 0.2) is 11.6 Å². The van der Waals surface area contributed by atoms with Gasteiger partial charge in [-0.2, -0.15) is 5.10 Å². The van der Waals surface area contributed by atoms with Crippen LogP contribution in [0.5, 0.6) is 0 Å². The lowest BCUT2D eigenvalue weighted by atomic mass is 10.1. The molecule has 1 aliphatic rings. The Hall–Kier alpha value is -2.44. The molecule has 1 saturated heterocycles. The minimum Gasteiger partial charge on any atom is -0.356 e. The molecule has 0 bridgehead atoms. The summed E-state index contributed by atoms with van der Waals surface area (Å²) in [6.45, 7) is 11.2. The van der Waals surface area contributed by atoms with Gasteiger partial charge in [-0.3, -0.25) is 4.79 Å². The fourth-order valence-electron chi connectivity index (χ4n) is 3.63. The second kappa shape index (κ2) is 9.17. The molecule has 7 heteroatoms. The first kappa shape index (κ1) is 20.3. The quantitative estimate of drug-likeness (QED) is 0.757. The second-order valence-corrected chi connectivity index (χ2v) is 8.04. The molecule has 7 nitrogen and oxygen atoms in total. The first-order valence-corrected chi connectivity index (χ1v) is 10.4. The molecule has 0 aromatic carbocycles. The predicted octanol–water partition coefficient (Wildman–Crippen LogP) is 2.97. The lowest BCUT2D eigenvalue weighted by Gasteiger charge is -2.15. The average molecular weight is 385 g/mol. The maximum atomic E-state index is 12.1. The van der Waals surface area contributed by atoms with Gasteiger partial charge >= 0.3 is 0 Å². The highest BCUT2D eigenvalue weighted by Crippen LogP contribution is 2.21. The molecule has 3 heterocycles. The van der Waals surface area contributed by atoms with E-state index < -0.39 is 0 Å². The van der Waals surface area contributed by atoms with E-state index >= 15 is 0 Å². The van der Waals surface area contributed by atoms with Crippen molar-refractivity contribution < 1.29 is 4.79 Å². The third-order valence-electron chi connectivity index (χ3n) is 5.37. The summed E-state index contributed by atoms with van der Waals surface area (Å²) in [5, 5.41) is 16.4. The maximum absolute atomic E-state index is 12.1. The number of nitrogens with zero attached hydrogens (tertiary/aromatic N) is 5. The summed E-state index contributed by atoms with van der Waals surface area (Å²) in [5.74, 6) is 2.35. The standard InChI is InChI=1S/C21H32N6O/c1-15(2)11-12-22-21(28)10-7-18-16(3)25-27(17(18)4)20-9-8-19(23-24-20)26-13-5-6-14-26/h8-9,15H,5-7,10-14H2,1-4H3,(H,22,28). The maximum Gasteiger partial charge on any atom is 0.220 e. The van der Waals surface area contributed by atoms with Gasteiger partial charge in [0.05, 0.1) is 5.69 Å². The number of hydrogen-bond donors (Lipinski definition) is 1. The van der Waals surface area contributed by atoms with Gasteiger partial charge in [0, 0.05) is 31.7 Å². The van der Waals surface area contributed by atoms with Crippen molar-refractivity contribution in [3.8, 4) is 5.82 Å². The van der Waals surface area contributed by atoms with Gasteiger partial charge in [0.25, 0.3) is 0 Å².